The molecule has 0 fully saturated rings. The van der Waals surface area contributed by atoms with Gasteiger partial charge in [-0.05, 0) is 13.8 Å². The third kappa shape index (κ3) is 2.46. The number of hydrazine groups is 1. The molecule has 1 unspecified atom stereocenters. The van der Waals surface area contributed by atoms with E-state index < -0.39 is 0 Å². The molecule has 0 saturated heterocycles. The molecule has 0 aliphatic carbocycles. The van der Waals surface area contributed by atoms with Crippen LogP contribution in [-0.4, -0.2) is 15.7 Å². The largest absolute Gasteiger partial charge is 0.294 e. The van der Waals surface area contributed by atoms with Crippen LogP contribution in [-0.2, 0) is 4.79 Å². The highest BCUT2D eigenvalue weighted by atomic mass is 35.5. The van der Waals surface area contributed by atoms with Crippen molar-refractivity contribution in [3.8, 4) is 0 Å². The number of rotatable bonds is 3. The van der Waals surface area contributed by atoms with Crippen LogP contribution in [0.1, 0.15) is 25.1 Å². The number of halogens is 1. The Labute approximate surface area is 87.2 Å². The molecule has 1 heterocycles. The molecule has 14 heavy (non-hydrogen) atoms. The van der Waals surface area contributed by atoms with Gasteiger partial charge in [-0.25, -0.2) is 5.84 Å². The first-order valence-corrected chi connectivity index (χ1v) is 4.63. The van der Waals surface area contributed by atoms with E-state index in [0.29, 0.717) is 5.02 Å². The quantitative estimate of drug-likeness (QED) is 0.446. The van der Waals surface area contributed by atoms with Gasteiger partial charge in [0.25, 0.3) is 0 Å². The monoisotopic (exact) mass is 216 g/mol. The number of carbonyl (C=O) groups is 1. The van der Waals surface area contributed by atoms with Gasteiger partial charge in [0.2, 0.25) is 5.91 Å². The highest BCUT2D eigenvalue weighted by Gasteiger charge is 2.12. The van der Waals surface area contributed by atoms with E-state index in [2.05, 4.69) is 10.5 Å². The zero-order chi connectivity index (χ0) is 10.7. The standard InChI is InChI=1S/C8H13ClN4O/c1-5(3-8(14)11-10)13-4-7(9)6(2)12-13/h4-5H,3,10H2,1-2H3,(H,11,14). The Morgan fingerprint density at radius 1 is 1.86 bits per heavy atom. The molecule has 5 nitrogen and oxygen atoms in total. The smallest absolute Gasteiger partial charge is 0.236 e. The van der Waals surface area contributed by atoms with Crippen molar-refractivity contribution in [3.05, 3.63) is 16.9 Å². The van der Waals surface area contributed by atoms with E-state index in [1.54, 1.807) is 10.9 Å². The summed E-state index contributed by atoms with van der Waals surface area (Å²) in [5.41, 5.74) is 2.83. The predicted molar refractivity (Wildman–Crippen MR) is 53.6 cm³/mol. The van der Waals surface area contributed by atoms with Crippen molar-refractivity contribution in [1.82, 2.24) is 15.2 Å². The maximum Gasteiger partial charge on any atom is 0.236 e. The number of hydrogen-bond acceptors (Lipinski definition) is 3. The maximum absolute atomic E-state index is 11.0. The van der Waals surface area contributed by atoms with Crippen molar-refractivity contribution < 1.29 is 4.79 Å². The van der Waals surface area contributed by atoms with Crippen molar-refractivity contribution >= 4 is 17.5 Å². The van der Waals surface area contributed by atoms with Crippen LogP contribution in [0.3, 0.4) is 0 Å². The Kier molecular flexibility index (Phi) is 3.49. The zero-order valence-electron chi connectivity index (χ0n) is 8.12. The van der Waals surface area contributed by atoms with E-state index in [-0.39, 0.29) is 18.4 Å². The summed E-state index contributed by atoms with van der Waals surface area (Å²) in [6.45, 7) is 3.69. The van der Waals surface area contributed by atoms with Crippen LogP contribution in [0.5, 0.6) is 0 Å². The number of aromatic nitrogens is 2. The van der Waals surface area contributed by atoms with Crippen LogP contribution in [0.4, 0.5) is 0 Å². The molecule has 1 aromatic rings. The van der Waals surface area contributed by atoms with Gasteiger partial charge >= 0.3 is 0 Å². The van der Waals surface area contributed by atoms with Crippen molar-refractivity contribution in [3.63, 3.8) is 0 Å². The molecule has 3 N–H and O–H groups in total. The normalized spacial score (nSPS) is 12.6. The number of carbonyl (C=O) groups excluding carboxylic acids is 1. The Balaban J connectivity index is 2.69. The van der Waals surface area contributed by atoms with Crippen LogP contribution < -0.4 is 11.3 Å². The zero-order valence-corrected chi connectivity index (χ0v) is 8.88. The Bertz CT molecular complexity index is 317. The molecule has 0 saturated carbocycles. The van der Waals surface area contributed by atoms with Crippen molar-refractivity contribution in [2.75, 3.05) is 0 Å². The minimum Gasteiger partial charge on any atom is -0.294 e. The van der Waals surface area contributed by atoms with Crippen LogP contribution in [0.2, 0.25) is 5.02 Å². The van der Waals surface area contributed by atoms with E-state index in [4.69, 9.17) is 17.4 Å². The molecular formula is C8H13ClN4O. The lowest BCUT2D eigenvalue weighted by molar-refractivity contribution is -0.121. The second-order valence-electron chi connectivity index (χ2n) is 3.16. The van der Waals surface area contributed by atoms with Gasteiger partial charge in [0.1, 0.15) is 0 Å². The van der Waals surface area contributed by atoms with Gasteiger partial charge < -0.3 is 0 Å². The number of hydrogen-bond donors (Lipinski definition) is 2. The van der Waals surface area contributed by atoms with Crippen molar-refractivity contribution in [1.29, 1.82) is 0 Å². The molecule has 0 aromatic carbocycles. The summed E-state index contributed by atoms with van der Waals surface area (Å²) < 4.78 is 1.66. The van der Waals surface area contributed by atoms with Crippen LogP contribution >= 0.6 is 11.6 Å². The van der Waals surface area contributed by atoms with Gasteiger partial charge in [-0.2, -0.15) is 5.10 Å². The highest BCUT2D eigenvalue weighted by molar-refractivity contribution is 6.31. The minimum absolute atomic E-state index is 0.0512. The lowest BCUT2D eigenvalue weighted by atomic mass is 10.2. The van der Waals surface area contributed by atoms with E-state index >= 15 is 0 Å². The van der Waals surface area contributed by atoms with E-state index in [9.17, 15) is 4.79 Å². The maximum atomic E-state index is 11.0. The van der Waals surface area contributed by atoms with Gasteiger partial charge in [-0.3, -0.25) is 14.9 Å². The first-order chi connectivity index (χ1) is 6.54. The number of amides is 1. The summed E-state index contributed by atoms with van der Waals surface area (Å²) >= 11 is 5.84. The van der Waals surface area contributed by atoms with Gasteiger partial charge in [-0.15, -0.1) is 0 Å². The average molecular weight is 217 g/mol. The third-order valence-corrected chi connectivity index (χ3v) is 2.32. The first-order valence-electron chi connectivity index (χ1n) is 4.25. The SMILES string of the molecule is Cc1nn(C(C)CC(=O)NN)cc1Cl. The molecule has 1 atom stereocenters. The average Bonchev–Trinajstić information content (AvgIpc) is 2.47. The number of aryl methyl sites for hydroxylation is 1. The second-order valence-corrected chi connectivity index (χ2v) is 3.57. The molecule has 0 spiro atoms. The van der Waals surface area contributed by atoms with E-state index in [1.165, 1.54) is 0 Å². The molecule has 1 rings (SSSR count). The first kappa shape index (κ1) is 11.0. The molecule has 0 aliphatic heterocycles. The lowest BCUT2D eigenvalue weighted by Crippen LogP contribution is -2.31. The summed E-state index contributed by atoms with van der Waals surface area (Å²) in [5, 5.41) is 4.76. The van der Waals surface area contributed by atoms with E-state index in [0.717, 1.165) is 5.69 Å². The molecule has 0 aliphatic rings. The summed E-state index contributed by atoms with van der Waals surface area (Å²) in [7, 11) is 0. The van der Waals surface area contributed by atoms with E-state index in [1.807, 2.05) is 13.8 Å². The lowest BCUT2D eigenvalue weighted by Gasteiger charge is -2.10. The van der Waals surface area contributed by atoms with Gasteiger partial charge in [0, 0.05) is 6.20 Å². The van der Waals surface area contributed by atoms with Crippen molar-refractivity contribution in [2.45, 2.75) is 26.3 Å². The van der Waals surface area contributed by atoms with Crippen LogP contribution in [0, 0.1) is 6.92 Å². The molecular weight excluding hydrogens is 204 g/mol. The molecule has 78 valence electrons. The summed E-state index contributed by atoms with van der Waals surface area (Å²) in [4.78, 5) is 11.0. The summed E-state index contributed by atoms with van der Waals surface area (Å²) in [5.74, 6) is 4.76. The second kappa shape index (κ2) is 4.43. The molecule has 1 amide bonds. The fraction of sp³-hybridized carbons (Fsp3) is 0.500. The molecule has 0 radical (unpaired) electrons. The molecule has 0 bridgehead atoms. The minimum atomic E-state index is -0.221. The fourth-order valence-electron chi connectivity index (χ4n) is 1.11. The Hall–Kier alpha value is -1.07. The van der Waals surface area contributed by atoms with Gasteiger partial charge in [0.15, 0.2) is 0 Å². The van der Waals surface area contributed by atoms with Crippen molar-refractivity contribution in [2.24, 2.45) is 5.84 Å². The highest BCUT2D eigenvalue weighted by Crippen LogP contribution is 2.17. The molecule has 1 aromatic heterocycles. The number of nitrogens with two attached hydrogens (primary N) is 1. The van der Waals surface area contributed by atoms with Gasteiger partial charge in [0.05, 0.1) is 23.2 Å². The fourth-order valence-corrected chi connectivity index (χ4v) is 1.24. The number of nitrogens with zero attached hydrogens (tertiary/aromatic N) is 2. The topological polar surface area (TPSA) is 72.9 Å². The van der Waals surface area contributed by atoms with Gasteiger partial charge in [-0.1, -0.05) is 11.6 Å². The number of nitrogens with one attached hydrogen (secondary N) is 1. The summed E-state index contributed by atoms with van der Waals surface area (Å²) in [6.07, 6.45) is 1.99. The summed E-state index contributed by atoms with van der Waals surface area (Å²) in [6, 6.07) is -0.0512. The predicted octanol–water partition coefficient (Wildman–Crippen LogP) is 0.786. The van der Waals surface area contributed by atoms with Crippen LogP contribution in [0.15, 0.2) is 6.20 Å². The molecule has 6 heteroatoms. The Morgan fingerprint density at radius 2 is 2.50 bits per heavy atom. The van der Waals surface area contributed by atoms with Crippen LogP contribution in [0.25, 0.3) is 0 Å². The Morgan fingerprint density at radius 3 is 2.93 bits per heavy atom. The third-order valence-electron chi connectivity index (χ3n) is 1.95.